The number of carbonyl (C=O) groups excluding carboxylic acids is 1. The van der Waals surface area contributed by atoms with Crippen LogP contribution in [0.1, 0.15) is 34.2 Å². The highest BCUT2D eigenvalue weighted by atomic mass is 16.6. The molecule has 0 spiro atoms. The van der Waals surface area contributed by atoms with Crippen LogP contribution < -0.4 is 10.4 Å². The molecule has 1 aliphatic heterocycles. The first kappa shape index (κ1) is 22.0. The molecule has 3 aromatic rings. The molecular formula is C24H21N3O6. The van der Waals surface area contributed by atoms with Crippen LogP contribution >= 0.6 is 0 Å². The highest BCUT2D eigenvalue weighted by Crippen LogP contribution is 2.34. The predicted octanol–water partition coefficient (Wildman–Crippen LogP) is 4.49. The van der Waals surface area contributed by atoms with Gasteiger partial charge in [-0.1, -0.05) is 0 Å². The summed E-state index contributed by atoms with van der Waals surface area (Å²) in [6.45, 7) is 5.50. The van der Waals surface area contributed by atoms with Gasteiger partial charge in [-0.3, -0.25) is 14.9 Å². The normalized spacial score (nSPS) is 17.1. The van der Waals surface area contributed by atoms with Gasteiger partial charge >= 0.3 is 5.97 Å². The van der Waals surface area contributed by atoms with Crippen molar-refractivity contribution < 1.29 is 24.0 Å². The van der Waals surface area contributed by atoms with Gasteiger partial charge in [0.1, 0.15) is 11.5 Å². The number of nitrogens with zero attached hydrogens (tertiary/aromatic N) is 2. The van der Waals surface area contributed by atoms with Crippen LogP contribution in [0, 0.1) is 24.0 Å². The minimum Gasteiger partial charge on any atom is -0.478 e. The van der Waals surface area contributed by atoms with Gasteiger partial charge in [-0.25, -0.2) is 15.2 Å². The molecule has 9 nitrogen and oxygen atoms in total. The van der Waals surface area contributed by atoms with Gasteiger partial charge in [0.25, 0.3) is 11.6 Å². The summed E-state index contributed by atoms with van der Waals surface area (Å²) in [4.78, 5) is 35.1. The highest BCUT2D eigenvalue weighted by Gasteiger charge is 2.33. The average Bonchev–Trinajstić information content (AvgIpc) is 3.35. The summed E-state index contributed by atoms with van der Waals surface area (Å²) in [5.41, 5.74) is 6.16. The maximum Gasteiger partial charge on any atom is 0.335 e. The smallest absolute Gasteiger partial charge is 0.335 e. The zero-order chi connectivity index (χ0) is 23.9. The third-order valence-corrected chi connectivity index (χ3v) is 5.61. The van der Waals surface area contributed by atoms with E-state index in [0.717, 1.165) is 11.1 Å². The van der Waals surface area contributed by atoms with E-state index in [1.165, 1.54) is 23.2 Å². The first-order valence-electron chi connectivity index (χ1n) is 10.2. The molecule has 1 atom stereocenters. The quantitative estimate of drug-likeness (QED) is 0.335. The molecule has 2 N–H and O–H groups in total. The van der Waals surface area contributed by atoms with E-state index in [1.807, 2.05) is 20.8 Å². The van der Waals surface area contributed by atoms with Crippen LogP contribution in [0.4, 0.5) is 11.4 Å². The van der Waals surface area contributed by atoms with E-state index < -0.39 is 10.9 Å². The molecule has 1 amide bonds. The summed E-state index contributed by atoms with van der Waals surface area (Å²) >= 11 is 0. The van der Waals surface area contributed by atoms with Gasteiger partial charge < -0.3 is 9.52 Å². The number of benzene rings is 2. The number of nitrogens with one attached hydrogen (secondary N) is 1. The number of amides is 1. The van der Waals surface area contributed by atoms with Crippen molar-refractivity contribution in [2.75, 3.05) is 5.01 Å². The minimum absolute atomic E-state index is 0.0467. The Balaban J connectivity index is 1.63. The first-order chi connectivity index (χ1) is 15.7. The third kappa shape index (κ3) is 4.13. The van der Waals surface area contributed by atoms with E-state index in [2.05, 4.69) is 5.43 Å². The van der Waals surface area contributed by atoms with Gasteiger partial charge in [-0.05, 0) is 80.4 Å². The lowest BCUT2D eigenvalue weighted by molar-refractivity contribution is -0.384. The molecule has 0 bridgehead atoms. The van der Waals surface area contributed by atoms with E-state index in [4.69, 9.17) is 9.52 Å². The van der Waals surface area contributed by atoms with Gasteiger partial charge in [0.2, 0.25) is 0 Å². The number of furan rings is 1. The fraction of sp³-hybridized carbons (Fsp3) is 0.167. The number of nitro groups is 1. The molecule has 0 radical (unpaired) electrons. The molecule has 1 aliphatic rings. The summed E-state index contributed by atoms with van der Waals surface area (Å²) in [6, 6.07) is 12.2. The maximum absolute atomic E-state index is 13.0. The SMILES string of the molecule is Cc1cc(-c2ccc(/C=C3/C(=O)N(c4ccc(C(=O)O)cc4)N[C@H]3C)o2)c([N+](=O)[O-])cc1C. The van der Waals surface area contributed by atoms with Gasteiger partial charge in [-0.15, -0.1) is 0 Å². The van der Waals surface area contributed by atoms with Crippen molar-refractivity contribution in [2.45, 2.75) is 26.8 Å². The second-order valence-corrected chi connectivity index (χ2v) is 7.86. The molecule has 1 fully saturated rings. The van der Waals surface area contributed by atoms with Crippen LogP contribution in [0.2, 0.25) is 0 Å². The summed E-state index contributed by atoms with van der Waals surface area (Å²) in [6.07, 6.45) is 1.60. The van der Waals surface area contributed by atoms with Crippen molar-refractivity contribution in [1.82, 2.24) is 5.43 Å². The number of hydrazine groups is 1. The Hall–Kier alpha value is -4.24. The number of aromatic carboxylic acids is 1. The molecule has 1 saturated heterocycles. The molecule has 1 aromatic heterocycles. The second-order valence-electron chi connectivity index (χ2n) is 7.86. The number of hydrogen-bond donors (Lipinski definition) is 2. The lowest BCUT2D eigenvalue weighted by Gasteiger charge is -2.16. The fourth-order valence-electron chi connectivity index (χ4n) is 3.65. The Morgan fingerprint density at radius 1 is 1.15 bits per heavy atom. The molecule has 0 unspecified atom stereocenters. The Labute approximate surface area is 189 Å². The standard InChI is InChI=1S/C24H21N3O6/c1-13-10-20(21(27(31)32)11-14(13)2)22-9-8-18(33-22)12-19-15(3)25-26(23(19)28)17-6-4-16(5-7-17)24(29)30/h4-12,15,25H,1-3H3,(H,29,30)/b19-12+/t15-/m0/s1. The van der Waals surface area contributed by atoms with Crippen molar-refractivity contribution >= 4 is 29.3 Å². The zero-order valence-corrected chi connectivity index (χ0v) is 18.2. The number of rotatable bonds is 5. The van der Waals surface area contributed by atoms with E-state index in [9.17, 15) is 19.7 Å². The number of aryl methyl sites for hydroxylation is 2. The second kappa shape index (κ2) is 8.36. The summed E-state index contributed by atoms with van der Waals surface area (Å²) in [5.74, 6) is -0.629. The van der Waals surface area contributed by atoms with Gasteiger partial charge in [0, 0.05) is 11.6 Å². The van der Waals surface area contributed by atoms with Crippen molar-refractivity contribution in [1.29, 1.82) is 0 Å². The number of nitro benzene ring substituents is 1. The highest BCUT2D eigenvalue weighted by molar-refractivity contribution is 6.11. The third-order valence-electron chi connectivity index (χ3n) is 5.61. The average molecular weight is 447 g/mol. The Kier molecular flexibility index (Phi) is 5.57. The molecule has 0 aliphatic carbocycles. The fourth-order valence-corrected chi connectivity index (χ4v) is 3.65. The largest absolute Gasteiger partial charge is 0.478 e. The molecular weight excluding hydrogens is 426 g/mol. The van der Waals surface area contributed by atoms with E-state index >= 15 is 0 Å². The number of carbonyl (C=O) groups is 2. The number of anilines is 1. The van der Waals surface area contributed by atoms with Gasteiger partial charge in [0.05, 0.1) is 27.8 Å². The van der Waals surface area contributed by atoms with Crippen molar-refractivity contribution in [3.63, 3.8) is 0 Å². The van der Waals surface area contributed by atoms with Crippen molar-refractivity contribution in [2.24, 2.45) is 0 Å². The van der Waals surface area contributed by atoms with Gasteiger partial charge in [0.15, 0.2) is 0 Å². The van der Waals surface area contributed by atoms with Crippen LogP contribution in [0.15, 0.2) is 58.5 Å². The van der Waals surface area contributed by atoms with Crippen LogP contribution in [0.25, 0.3) is 17.4 Å². The minimum atomic E-state index is -1.05. The lowest BCUT2D eigenvalue weighted by atomic mass is 10.0. The van der Waals surface area contributed by atoms with E-state index in [-0.39, 0.29) is 23.2 Å². The predicted molar refractivity (Wildman–Crippen MR) is 122 cm³/mol. The molecule has 2 heterocycles. The Morgan fingerprint density at radius 3 is 2.45 bits per heavy atom. The van der Waals surface area contributed by atoms with Crippen LogP contribution in [-0.4, -0.2) is 27.9 Å². The first-order valence-corrected chi connectivity index (χ1v) is 10.2. The van der Waals surface area contributed by atoms with Crippen LogP contribution in [0.3, 0.4) is 0 Å². The summed E-state index contributed by atoms with van der Waals surface area (Å²) in [5, 5.41) is 21.9. The Morgan fingerprint density at radius 2 is 1.82 bits per heavy atom. The molecule has 4 rings (SSSR count). The topological polar surface area (TPSA) is 126 Å². The molecule has 9 heteroatoms. The zero-order valence-electron chi connectivity index (χ0n) is 18.2. The summed E-state index contributed by atoms with van der Waals surface area (Å²) < 4.78 is 5.85. The lowest BCUT2D eigenvalue weighted by Crippen LogP contribution is -2.36. The molecule has 168 valence electrons. The molecule has 2 aromatic carbocycles. The van der Waals surface area contributed by atoms with Crippen molar-refractivity contribution in [3.8, 4) is 11.3 Å². The molecule has 33 heavy (non-hydrogen) atoms. The number of hydrogen-bond acceptors (Lipinski definition) is 6. The summed E-state index contributed by atoms with van der Waals surface area (Å²) in [7, 11) is 0. The number of carboxylic acid groups (broad SMARTS) is 1. The maximum atomic E-state index is 13.0. The monoisotopic (exact) mass is 447 g/mol. The molecule has 0 saturated carbocycles. The van der Waals surface area contributed by atoms with Crippen LogP contribution in [0.5, 0.6) is 0 Å². The van der Waals surface area contributed by atoms with Gasteiger partial charge in [-0.2, -0.15) is 0 Å². The van der Waals surface area contributed by atoms with E-state index in [1.54, 1.807) is 36.4 Å². The van der Waals surface area contributed by atoms with Crippen LogP contribution in [-0.2, 0) is 4.79 Å². The van der Waals surface area contributed by atoms with E-state index in [0.29, 0.717) is 28.3 Å². The Bertz CT molecular complexity index is 1310. The number of carboxylic acids is 1. The van der Waals surface area contributed by atoms with Crippen molar-refractivity contribution in [3.05, 3.63) is 86.7 Å².